The van der Waals surface area contributed by atoms with E-state index in [0.29, 0.717) is 13.2 Å². The van der Waals surface area contributed by atoms with Crippen LogP contribution in [0.1, 0.15) is 32.6 Å². The molecular formula is C12H20BrNO3. The van der Waals surface area contributed by atoms with Crippen molar-refractivity contribution in [2.45, 2.75) is 50.4 Å². The van der Waals surface area contributed by atoms with Crippen molar-refractivity contribution in [3.63, 3.8) is 0 Å². The van der Waals surface area contributed by atoms with Crippen LogP contribution in [0.4, 0.5) is 0 Å². The van der Waals surface area contributed by atoms with E-state index < -0.39 is 0 Å². The molecule has 0 spiro atoms. The Bertz CT molecular complexity index is 279. The number of nitrogens with one attached hydrogen (secondary N) is 1. The first-order chi connectivity index (χ1) is 8.15. The quantitative estimate of drug-likeness (QED) is 0.806. The number of carbonyl (C=O) groups is 1. The lowest BCUT2D eigenvalue weighted by atomic mass is 9.92. The van der Waals surface area contributed by atoms with Crippen LogP contribution in [0, 0.1) is 0 Å². The third kappa shape index (κ3) is 3.20. The van der Waals surface area contributed by atoms with Crippen molar-refractivity contribution in [2.24, 2.45) is 0 Å². The van der Waals surface area contributed by atoms with Crippen LogP contribution in [0.15, 0.2) is 0 Å². The van der Waals surface area contributed by atoms with Crippen LogP contribution in [0.5, 0.6) is 0 Å². The number of rotatable bonds is 3. The Morgan fingerprint density at radius 3 is 2.65 bits per heavy atom. The fraction of sp³-hybridized carbons (Fsp3) is 0.917. The molecule has 5 heteroatoms. The average Bonchev–Trinajstić information content (AvgIpc) is 2.77. The number of halogens is 1. The Balaban J connectivity index is 1.91. The monoisotopic (exact) mass is 305 g/mol. The van der Waals surface area contributed by atoms with Crippen molar-refractivity contribution in [2.75, 3.05) is 18.5 Å². The smallest absolute Gasteiger partial charge is 0.249 e. The highest BCUT2D eigenvalue weighted by Gasteiger charge is 2.37. The van der Waals surface area contributed by atoms with E-state index in [1.54, 1.807) is 0 Å². The molecule has 2 unspecified atom stereocenters. The summed E-state index contributed by atoms with van der Waals surface area (Å²) in [7, 11) is 0. The van der Waals surface area contributed by atoms with Gasteiger partial charge in [-0.25, -0.2) is 0 Å². The minimum absolute atomic E-state index is 0.0377. The molecule has 1 N–H and O–H groups in total. The molecule has 2 rings (SSSR count). The molecule has 0 saturated carbocycles. The van der Waals surface area contributed by atoms with Crippen molar-refractivity contribution in [3.05, 3.63) is 0 Å². The zero-order valence-electron chi connectivity index (χ0n) is 10.2. The second-order valence-corrected chi connectivity index (χ2v) is 5.59. The van der Waals surface area contributed by atoms with E-state index in [1.807, 2.05) is 6.92 Å². The minimum atomic E-state index is -0.260. The molecule has 1 amide bonds. The first-order valence-corrected chi connectivity index (χ1v) is 7.38. The molecule has 2 heterocycles. The van der Waals surface area contributed by atoms with Gasteiger partial charge in [0.1, 0.15) is 6.10 Å². The van der Waals surface area contributed by atoms with Crippen LogP contribution in [0.2, 0.25) is 0 Å². The maximum absolute atomic E-state index is 12.1. The van der Waals surface area contributed by atoms with Crippen LogP contribution in [-0.2, 0) is 14.3 Å². The molecule has 0 aromatic carbocycles. The van der Waals surface area contributed by atoms with Gasteiger partial charge in [0.15, 0.2) is 0 Å². The zero-order chi connectivity index (χ0) is 12.3. The summed E-state index contributed by atoms with van der Waals surface area (Å²) in [5.41, 5.74) is -0.148. The van der Waals surface area contributed by atoms with Crippen molar-refractivity contribution >= 4 is 21.8 Å². The first-order valence-electron chi connectivity index (χ1n) is 6.26. The van der Waals surface area contributed by atoms with E-state index in [9.17, 15) is 4.79 Å². The molecule has 4 nitrogen and oxygen atoms in total. The minimum Gasteiger partial charge on any atom is -0.381 e. The van der Waals surface area contributed by atoms with Gasteiger partial charge >= 0.3 is 0 Å². The molecule has 17 heavy (non-hydrogen) atoms. The van der Waals surface area contributed by atoms with E-state index in [4.69, 9.17) is 9.47 Å². The molecule has 0 aromatic rings. The highest BCUT2D eigenvalue weighted by molar-refractivity contribution is 9.09. The summed E-state index contributed by atoms with van der Waals surface area (Å²) >= 11 is 3.51. The van der Waals surface area contributed by atoms with Crippen molar-refractivity contribution in [1.29, 1.82) is 0 Å². The molecule has 2 fully saturated rings. The normalized spacial score (nSPS) is 32.4. The average molecular weight is 306 g/mol. The van der Waals surface area contributed by atoms with Crippen molar-refractivity contribution < 1.29 is 14.3 Å². The SMILES string of the molecule is CC1CCC(C(=O)NC2(CBr)CCOCC2)O1. The predicted octanol–water partition coefficient (Wildman–Crippen LogP) is 1.61. The Morgan fingerprint density at radius 1 is 1.41 bits per heavy atom. The molecule has 0 radical (unpaired) electrons. The highest BCUT2D eigenvalue weighted by atomic mass is 79.9. The van der Waals surface area contributed by atoms with Crippen LogP contribution < -0.4 is 5.32 Å². The fourth-order valence-corrected chi connectivity index (χ4v) is 3.09. The Kier molecular flexibility index (Phi) is 4.44. The first kappa shape index (κ1) is 13.3. The molecule has 0 aliphatic carbocycles. The summed E-state index contributed by atoms with van der Waals surface area (Å²) < 4.78 is 10.9. The van der Waals surface area contributed by atoms with Gasteiger partial charge in [-0.2, -0.15) is 0 Å². The Labute approximate surface area is 111 Å². The summed E-state index contributed by atoms with van der Waals surface area (Å²) in [6, 6.07) is 0. The number of hydrogen-bond donors (Lipinski definition) is 1. The van der Waals surface area contributed by atoms with Gasteiger partial charge in [0.2, 0.25) is 5.91 Å². The standard InChI is InChI=1S/C12H20BrNO3/c1-9-2-3-10(17-9)11(15)14-12(8-13)4-6-16-7-5-12/h9-10H,2-8H2,1H3,(H,14,15). The number of carbonyl (C=O) groups excluding carboxylic acids is 1. The van der Waals surface area contributed by atoms with E-state index >= 15 is 0 Å². The zero-order valence-corrected chi connectivity index (χ0v) is 11.8. The molecule has 2 aliphatic heterocycles. The summed E-state index contributed by atoms with van der Waals surface area (Å²) in [6.45, 7) is 3.45. The molecule has 2 saturated heterocycles. The van der Waals surface area contributed by atoms with Crippen molar-refractivity contribution in [1.82, 2.24) is 5.32 Å². The largest absolute Gasteiger partial charge is 0.381 e. The van der Waals surface area contributed by atoms with Gasteiger partial charge in [0.05, 0.1) is 11.6 Å². The topological polar surface area (TPSA) is 47.6 Å². The van der Waals surface area contributed by atoms with Gasteiger partial charge in [-0.3, -0.25) is 4.79 Å². The van der Waals surface area contributed by atoms with Crippen LogP contribution in [0.25, 0.3) is 0 Å². The third-order valence-corrected chi connectivity index (χ3v) is 4.69. The maximum Gasteiger partial charge on any atom is 0.249 e. The summed E-state index contributed by atoms with van der Waals surface area (Å²) in [6.07, 6.45) is 3.49. The van der Waals surface area contributed by atoms with Gasteiger partial charge in [-0.15, -0.1) is 0 Å². The van der Waals surface area contributed by atoms with E-state index in [0.717, 1.165) is 31.0 Å². The van der Waals surface area contributed by atoms with Crippen LogP contribution in [0.3, 0.4) is 0 Å². The van der Waals surface area contributed by atoms with Crippen LogP contribution in [-0.4, -0.2) is 42.2 Å². The molecule has 2 aliphatic rings. The van der Waals surface area contributed by atoms with Gasteiger partial charge in [0, 0.05) is 18.5 Å². The lowest BCUT2D eigenvalue weighted by Crippen LogP contribution is -2.55. The molecule has 2 atom stereocenters. The van der Waals surface area contributed by atoms with E-state index in [-0.39, 0.29) is 23.7 Å². The van der Waals surface area contributed by atoms with Crippen molar-refractivity contribution in [3.8, 4) is 0 Å². The number of amides is 1. The van der Waals surface area contributed by atoms with E-state index in [2.05, 4.69) is 21.2 Å². The van der Waals surface area contributed by atoms with Gasteiger partial charge < -0.3 is 14.8 Å². The van der Waals surface area contributed by atoms with Gasteiger partial charge in [-0.05, 0) is 32.6 Å². The Morgan fingerprint density at radius 2 is 2.12 bits per heavy atom. The Hall–Kier alpha value is -0.130. The molecular weight excluding hydrogens is 286 g/mol. The third-order valence-electron chi connectivity index (χ3n) is 3.62. The predicted molar refractivity (Wildman–Crippen MR) is 68.3 cm³/mol. The fourth-order valence-electron chi connectivity index (χ4n) is 2.39. The number of hydrogen-bond acceptors (Lipinski definition) is 3. The molecule has 0 bridgehead atoms. The maximum atomic E-state index is 12.1. The van der Waals surface area contributed by atoms with Gasteiger partial charge in [-0.1, -0.05) is 15.9 Å². The lowest BCUT2D eigenvalue weighted by molar-refractivity contribution is -0.134. The second kappa shape index (κ2) is 5.67. The van der Waals surface area contributed by atoms with E-state index in [1.165, 1.54) is 0 Å². The molecule has 98 valence electrons. The summed E-state index contributed by atoms with van der Waals surface area (Å²) in [4.78, 5) is 12.1. The number of alkyl halides is 1. The van der Waals surface area contributed by atoms with Crippen LogP contribution >= 0.6 is 15.9 Å². The number of ether oxygens (including phenoxy) is 2. The summed E-state index contributed by atoms with van der Waals surface area (Å²) in [5, 5.41) is 3.93. The highest BCUT2D eigenvalue weighted by Crippen LogP contribution is 2.25. The second-order valence-electron chi connectivity index (χ2n) is 5.03. The lowest BCUT2D eigenvalue weighted by Gasteiger charge is -2.37. The van der Waals surface area contributed by atoms with Gasteiger partial charge in [0.25, 0.3) is 0 Å². The summed E-state index contributed by atoms with van der Waals surface area (Å²) in [5.74, 6) is 0.0377. The molecule has 0 aromatic heterocycles.